The van der Waals surface area contributed by atoms with Crippen molar-refractivity contribution in [3.8, 4) is 34.5 Å². The van der Waals surface area contributed by atoms with Gasteiger partial charge in [0.15, 0.2) is 23.0 Å². The number of aromatic hydroxyl groups is 4. The number of phenolic OH excluding ortho intramolecular Hbond substituents is 4. The number of ether oxygens (including phenoxy) is 2. The second-order valence-electron chi connectivity index (χ2n) is 9.60. The van der Waals surface area contributed by atoms with Crippen LogP contribution in [0.25, 0.3) is 0 Å². The molecule has 2 aromatic rings. The van der Waals surface area contributed by atoms with Crippen molar-refractivity contribution in [3.05, 3.63) is 34.4 Å². The van der Waals surface area contributed by atoms with E-state index >= 15 is 0 Å². The number of hydrogen-bond acceptors (Lipinski definition) is 6. The molecule has 0 unspecified atom stereocenters. The molecule has 29 heavy (non-hydrogen) atoms. The summed E-state index contributed by atoms with van der Waals surface area (Å²) in [5.41, 5.74) is 1.72. The predicted octanol–water partition coefficient (Wildman–Crippen LogP) is 4.17. The molecule has 0 fully saturated rings. The van der Waals surface area contributed by atoms with Crippen molar-refractivity contribution < 1.29 is 29.9 Å². The largest absolute Gasteiger partial charge is 0.504 e. The first-order valence-electron chi connectivity index (χ1n) is 9.69. The lowest BCUT2D eigenvalue weighted by atomic mass is 9.72. The molecule has 2 aliphatic carbocycles. The van der Waals surface area contributed by atoms with Gasteiger partial charge in [-0.1, -0.05) is 27.7 Å². The summed E-state index contributed by atoms with van der Waals surface area (Å²) in [6.45, 7) is 8.15. The zero-order valence-electron chi connectivity index (χ0n) is 17.7. The third-order valence-corrected chi connectivity index (χ3v) is 6.79. The summed E-state index contributed by atoms with van der Waals surface area (Å²) in [6, 6.07) is 3.58. The minimum Gasteiger partial charge on any atom is -0.504 e. The number of rotatable bonds is 2. The lowest BCUT2D eigenvalue weighted by Crippen LogP contribution is -2.27. The van der Waals surface area contributed by atoms with Gasteiger partial charge in [-0.3, -0.25) is 0 Å². The quantitative estimate of drug-likeness (QED) is 0.565. The zero-order chi connectivity index (χ0) is 21.5. The highest BCUT2D eigenvalue weighted by molar-refractivity contribution is 5.72. The topological polar surface area (TPSA) is 99.4 Å². The fraction of sp³-hybridized carbons (Fsp3) is 0.478. The van der Waals surface area contributed by atoms with Gasteiger partial charge in [0.2, 0.25) is 11.5 Å². The highest BCUT2D eigenvalue weighted by atomic mass is 16.5. The Morgan fingerprint density at radius 1 is 0.655 bits per heavy atom. The first kappa shape index (κ1) is 19.6. The SMILES string of the molecule is COc1cc2c(c(O)c1O)C(C)(C)CC21CC(C)(C)c2c1cc(OC)c(O)c2O. The van der Waals surface area contributed by atoms with Gasteiger partial charge in [0.05, 0.1) is 14.2 Å². The van der Waals surface area contributed by atoms with Crippen LogP contribution in [-0.2, 0) is 16.2 Å². The van der Waals surface area contributed by atoms with Gasteiger partial charge >= 0.3 is 0 Å². The van der Waals surface area contributed by atoms with E-state index in [2.05, 4.69) is 0 Å². The van der Waals surface area contributed by atoms with Crippen LogP contribution in [0.5, 0.6) is 34.5 Å². The van der Waals surface area contributed by atoms with Gasteiger partial charge in [0.25, 0.3) is 0 Å². The van der Waals surface area contributed by atoms with Gasteiger partial charge in [-0.05, 0) is 46.9 Å². The lowest BCUT2D eigenvalue weighted by molar-refractivity contribution is 0.338. The Labute approximate surface area is 170 Å². The van der Waals surface area contributed by atoms with Crippen molar-refractivity contribution in [2.24, 2.45) is 0 Å². The van der Waals surface area contributed by atoms with Crippen LogP contribution in [0.3, 0.4) is 0 Å². The van der Waals surface area contributed by atoms with E-state index in [9.17, 15) is 20.4 Å². The van der Waals surface area contributed by atoms with E-state index in [4.69, 9.17) is 9.47 Å². The van der Waals surface area contributed by atoms with Gasteiger partial charge in [-0.15, -0.1) is 0 Å². The van der Waals surface area contributed by atoms with Crippen LogP contribution < -0.4 is 9.47 Å². The molecule has 2 aliphatic rings. The molecule has 6 nitrogen and oxygen atoms in total. The molecule has 0 aromatic heterocycles. The van der Waals surface area contributed by atoms with Crippen LogP contribution in [0.1, 0.15) is 62.8 Å². The Hall–Kier alpha value is -2.76. The predicted molar refractivity (Wildman–Crippen MR) is 109 cm³/mol. The molecule has 0 saturated heterocycles. The fourth-order valence-electron chi connectivity index (χ4n) is 5.98. The van der Waals surface area contributed by atoms with E-state index in [1.165, 1.54) is 14.2 Å². The molecule has 156 valence electrons. The highest BCUT2D eigenvalue weighted by Gasteiger charge is 2.59. The average Bonchev–Trinajstić information content (AvgIpc) is 2.99. The molecule has 0 atom stereocenters. The summed E-state index contributed by atoms with van der Waals surface area (Å²) >= 11 is 0. The number of benzene rings is 2. The normalized spacial score (nSPS) is 19.8. The standard InChI is InChI=1S/C23H28O6/c1-21(2)9-23(11-7-13(28-5)17(24)19(26)15(11)21)10-22(3,4)16-12(23)8-14(29-6)18(25)20(16)27/h7-8,24-27H,9-10H2,1-6H3. The van der Waals surface area contributed by atoms with Gasteiger partial charge < -0.3 is 29.9 Å². The number of hydrogen-bond donors (Lipinski definition) is 4. The number of methoxy groups -OCH3 is 2. The van der Waals surface area contributed by atoms with Crippen molar-refractivity contribution in [3.63, 3.8) is 0 Å². The van der Waals surface area contributed by atoms with Crippen LogP contribution in [0.4, 0.5) is 0 Å². The Morgan fingerprint density at radius 3 is 1.31 bits per heavy atom. The van der Waals surface area contributed by atoms with Gasteiger partial charge in [-0.25, -0.2) is 0 Å². The van der Waals surface area contributed by atoms with E-state index in [-0.39, 0.29) is 34.5 Å². The number of phenols is 4. The van der Waals surface area contributed by atoms with E-state index in [0.717, 1.165) is 11.1 Å². The molecule has 1 spiro atoms. The maximum atomic E-state index is 10.8. The molecular weight excluding hydrogens is 372 g/mol. The minimum absolute atomic E-state index is 0.164. The molecule has 0 amide bonds. The van der Waals surface area contributed by atoms with Crippen molar-refractivity contribution in [1.29, 1.82) is 0 Å². The Morgan fingerprint density at radius 2 is 1.00 bits per heavy atom. The highest BCUT2D eigenvalue weighted by Crippen LogP contribution is 2.68. The maximum Gasteiger partial charge on any atom is 0.200 e. The van der Waals surface area contributed by atoms with Crippen molar-refractivity contribution in [1.82, 2.24) is 0 Å². The molecular formula is C23H28O6. The van der Waals surface area contributed by atoms with Crippen molar-refractivity contribution in [2.45, 2.75) is 56.8 Å². The zero-order valence-corrected chi connectivity index (χ0v) is 17.7. The first-order valence-corrected chi connectivity index (χ1v) is 9.69. The van der Waals surface area contributed by atoms with Crippen molar-refractivity contribution >= 4 is 0 Å². The number of fused-ring (bicyclic) bond motifs is 4. The summed E-state index contributed by atoms with van der Waals surface area (Å²) in [4.78, 5) is 0. The summed E-state index contributed by atoms with van der Waals surface area (Å²) in [7, 11) is 2.90. The van der Waals surface area contributed by atoms with E-state index in [1.807, 2.05) is 27.7 Å². The molecule has 0 aliphatic heterocycles. The van der Waals surface area contributed by atoms with E-state index in [1.54, 1.807) is 12.1 Å². The van der Waals surface area contributed by atoms with Gasteiger partial charge in [0.1, 0.15) is 0 Å². The molecule has 0 radical (unpaired) electrons. The fourth-order valence-corrected chi connectivity index (χ4v) is 5.98. The van der Waals surface area contributed by atoms with Crippen LogP contribution in [0.2, 0.25) is 0 Å². The first-order chi connectivity index (χ1) is 13.4. The van der Waals surface area contributed by atoms with Crippen LogP contribution in [-0.4, -0.2) is 34.6 Å². The molecule has 0 heterocycles. The molecule has 4 N–H and O–H groups in total. The van der Waals surface area contributed by atoms with Crippen molar-refractivity contribution in [2.75, 3.05) is 14.2 Å². The third kappa shape index (κ3) is 2.28. The molecule has 0 saturated carbocycles. The second-order valence-corrected chi connectivity index (χ2v) is 9.60. The summed E-state index contributed by atoms with van der Waals surface area (Å²) in [5.74, 6) is -0.441. The Kier molecular flexibility index (Phi) is 3.81. The molecule has 0 bridgehead atoms. The summed E-state index contributed by atoms with van der Waals surface area (Å²) < 4.78 is 10.7. The molecule has 2 aromatic carbocycles. The third-order valence-electron chi connectivity index (χ3n) is 6.79. The van der Waals surface area contributed by atoms with Crippen LogP contribution >= 0.6 is 0 Å². The average molecular weight is 400 g/mol. The van der Waals surface area contributed by atoms with Crippen LogP contribution in [0, 0.1) is 0 Å². The van der Waals surface area contributed by atoms with E-state index < -0.39 is 16.2 Å². The van der Waals surface area contributed by atoms with Gasteiger partial charge in [-0.2, -0.15) is 0 Å². The Balaban J connectivity index is 2.13. The van der Waals surface area contributed by atoms with Gasteiger partial charge in [0, 0.05) is 16.5 Å². The molecule has 6 heteroatoms. The second kappa shape index (κ2) is 5.65. The monoisotopic (exact) mass is 400 g/mol. The summed E-state index contributed by atoms with van der Waals surface area (Å²) in [5, 5.41) is 42.5. The smallest absolute Gasteiger partial charge is 0.200 e. The lowest BCUT2D eigenvalue weighted by Gasteiger charge is -2.30. The van der Waals surface area contributed by atoms with E-state index in [0.29, 0.717) is 24.0 Å². The Bertz CT molecular complexity index is 951. The van der Waals surface area contributed by atoms with Crippen LogP contribution in [0.15, 0.2) is 12.1 Å². The summed E-state index contributed by atoms with van der Waals surface area (Å²) in [6.07, 6.45) is 1.33. The molecule has 4 rings (SSSR count). The minimum atomic E-state index is -0.533. The maximum absolute atomic E-state index is 10.8.